The highest BCUT2D eigenvalue weighted by atomic mass is 19.1. The van der Waals surface area contributed by atoms with E-state index in [1.165, 1.54) is 31.4 Å². The van der Waals surface area contributed by atoms with Crippen LogP contribution in [0.15, 0.2) is 36.4 Å². The third kappa shape index (κ3) is 3.25. The summed E-state index contributed by atoms with van der Waals surface area (Å²) in [5, 5.41) is 9.07. The zero-order valence-electron chi connectivity index (χ0n) is 11.5. The number of ether oxygens (including phenoxy) is 1. The number of hydrogen-bond donors (Lipinski definition) is 1. The molecule has 0 aliphatic carbocycles. The SMILES string of the molecule is COC(=O)c1cc(F)cc(-c2cc(C)cc(C(=O)O)c2)c1. The van der Waals surface area contributed by atoms with Crippen molar-refractivity contribution in [1.29, 1.82) is 0 Å². The van der Waals surface area contributed by atoms with E-state index in [0.717, 1.165) is 11.6 Å². The van der Waals surface area contributed by atoms with Crippen molar-refractivity contribution < 1.29 is 23.8 Å². The Morgan fingerprint density at radius 3 is 2.24 bits per heavy atom. The predicted octanol–water partition coefficient (Wildman–Crippen LogP) is 3.29. The lowest BCUT2D eigenvalue weighted by Gasteiger charge is -2.08. The maximum absolute atomic E-state index is 13.6. The molecule has 5 heteroatoms. The molecule has 0 bridgehead atoms. The summed E-state index contributed by atoms with van der Waals surface area (Å²) in [7, 11) is 1.21. The van der Waals surface area contributed by atoms with Gasteiger partial charge in [0.15, 0.2) is 0 Å². The van der Waals surface area contributed by atoms with Crippen LogP contribution >= 0.6 is 0 Å². The number of carbonyl (C=O) groups is 2. The molecule has 0 amide bonds. The molecule has 108 valence electrons. The van der Waals surface area contributed by atoms with Gasteiger partial charge >= 0.3 is 11.9 Å². The summed E-state index contributed by atoms with van der Waals surface area (Å²) in [6.07, 6.45) is 0. The Balaban J connectivity index is 2.58. The number of aromatic carboxylic acids is 1. The summed E-state index contributed by atoms with van der Waals surface area (Å²) >= 11 is 0. The summed E-state index contributed by atoms with van der Waals surface area (Å²) in [5.74, 6) is -2.31. The minimum absolute atomic E-state index is 0.0749. The number of rotatable bonds is 3. The van der Waals surface area contributed by atoms with E-state index in [2.05, 4.69) is 4.74 Å². The lowest BCUT2D eigenvalue weighted by molar-refractivity contribution is 0.0599. The van der Waals surface area contributed by atoms with Crippen molar-refractivity contribution >= 4 is 11.9 Å². The Labute approximate surface area is 120 Å². The molecule has 0 saturated heterocycles. The van der Waals surface area contributed by atoms with Crippen LogP contribution in [-0.4, -0.2) is 24.2 Å². The second-order valence-electron chi connectivity index (χ2n) is 4.61. The van der Waals surface area contributed by atoms with Gasteiger partial charge in [-0.05, 0) is 53.9 Å². The fraction of sp³-hybridized carbons (Fsp3) is 0.125. The van der Waals surface area contributed by atoms with Crippen LogP contribution in [0, 0.1) is 12.7 Å². The summed E-state index contributed by atoms with van der Waals surface area (Å²) < 4.78 is 18.2. The number of hydrogen-bond acceptors (Lipinski definition) is 3. The maximum atomic E-state index is 13.6. The number of esters is 1. The number of aryl methyl sites for hydroxylation is 1. The topological polar surface area (TPSA) is 63.6 Å². The van der Waals surface area contributed by atoms with E-state index < -0.39 is 17.8 Å². The monoisotopic (exact) mass is 288 g/mol. The molecule has 0 saturated carbocycles. The van der Waals surface area contributed by atoms with Gasteiger partial charge in [0.2, 0.25) is 0 Å². The Kier molecular flexibility index (Phi) is 4.03. The molecule has 0 heterocycles. The van der Waals surface area contributed by atoms with Crippen molar-refractivity contribution in [3.63, 3.8) is 0 Å². The number of methoxy groups -OCH3 is 1. The van der Waals surface area contributed by atoms with Crippen LogP contribution in [0.4, 0.5) is 4.39 Å². The minimum atomic E-state index is -1.07. The van der Waals surface area contributed by atoms with E-state index in [9.17, 15) is 14.0 Å². The zero-order valence-corrected chi connectivity index (χ0v) is 11.5. The van der Waals surface area contributed by atoms with Crippen LogP contribution in [-0.2, 0) is 4.74 Å². The number of benzene rings is 2. The summed E-state index contributed by atoms with van der Waals surface area (Å²) in [6, 6.07) is 8.46. The molecular weight excluding hydrogens is 275 g/mol. The molecule has 4 nitrogen and oxygen atoms in total. The molecule has 2 aromatic carbocycles. The molecule has 0 aliphatic heterocycles. The maximum Gasteiger partial charge on any atom is 0.337 e. The van der Waals surface area contributed by atoms with Gasteiger partial charge in [-0.25, -0.2) is 14.0 Å². The van der Waals surface area contributed by atoms with Gasteiger partial charge in [-0.2, -0.15) is 0 Å². The standard InChI is InChI=1S/C16H13FO4/c1-9-3-10(5-12(4-9)15(18)19)11-6-13(16(20)21-2)8-14(17)7-11/h3-8H,1-2H3,(H,18,19). The molecule has 0 atom stereocenters. The Morgan fingerprint density at radius 1 is 1.00 bits per heavy atom. The third-order valence-electron chi connectivity index (χ3n) is 2.98. The van der Waals surface area contributed by atoms with E-state index in [0.29, 0.717) is 11.1 Å². The summed E-state index contributed by atoms with van der Waals surface area (Å²) in [6.45, 7) is 1.75. The summed E-state index contributed by atoms with van der Waals surface area (Å²) in [4.78, 5) is 22.6. The second-order valence-corrected chi connectivity index (χ2v) is 4.61. The van der Waals surface area contributed by atoms with Crippen molar-refractivity contribution in [2.24, 2.45) is 0 Å². The van der Waals surface area contributed by atoms with Gasteiger partial charge in [0.05, 0.1) is 18.2 Å². The van der Waals surface area contributed by atoms with Crippen LogP contribution in [0.1, 0.15) is 26.3 Å². The van der Waals surface area contributed by atoms with Gasteiger partial charge in [-0.3, -0.25) is 0 Å². The summed E-state index contributed by atoms with van der Waals surface area (Å²) in [5.41, 5.74) is 1.85. The molecule has 2 aromatic rings. The second kappa shape index (κ2) is 5.75. The molecule has 2 rings (SSSR count). The average molecular weight is 288 g/mol. The molecule has 0 fully saturated rings. The Hall–Kier alpha value is -2.69. The molecule has 0 aliphatic rings. The van der Waals surface area contributed by atoms with E-state index in [1.54, 1.807) is 13.0 Å². The van der Waals surface area contributed by atoms with E-state index >= 15 is 0 Å². The van der Waals surface area contributed by atoms with E-state index in [1.807, 2.05) is 0 Å². The van der Waals surface area contributed by atoms with Crippen LogP contribution in [0.2, 0.25) is 0 Å². The molecule has 1 N–H and O–H groups in total. The lowest BCUT2D eigenvalue weighted by Crippen LogP contribution is -2.02. The lowest BCUT2D eigenvalue weighted by atomic mass is 9.98. The first-order valence-corrected chi connectivity index (χ1v) is 6.15. The van der Waals surface area contributed by atoms with Gasteiger partial charge in [-0.1, -0.05) is 6.07 Å². The smallest absolute Gasteiger partial charge is 0.337 e. The quantitative estimate of drug-likeness (QED) is 0.880. The van der Waals surface area contributed by atoms with Crippen LogP contribution in [0.25, 0.3) is 11.1 Å². The first-order valence-electron chi connectivity index (χ1n) is 6.15. The fourth-order valence-corrected chi connectivity index (χ4v) is 2.07. The highest BCUT2D eigenvalue weighted by Crippen LogP contribution is 2.25. The normalized spacial score (nSPS) is 10.2. The number of carboxylic acids is 1. The number of carboxylic acid groups (broad SMARTS) is 1. The highest BCUT2D eigenvalue weighted by molar-refractivity contribution is 5.92. The molecule has 21 heavy (non-hydrogen) atoms. The Morgan fingerprint density at radius 2 is 1.62 bits per heavy atom. The van der Waals surface area contributed by atoms with Crippen molar-refractivity contribution in [1.82, 2.24) is 0 Å². The average Bonchev–Trinajstić information content (AvgIpc) is 2.45. The molecular formula is C16H13FO4. The van der Waals surface area contributed by atoms with E-state index in [-0.39, 0.29) is 11.1 Å². The Bertz CT molecular complexity index is 722. The molecule has 0 aromatic heterocycles. The minimum Gasteiger partial charge on any atom is -0.478 e. The first kappa shape index (κ1) is 14.7. The molecule has 0 unspecified atom stereocenters. The molecule has 0 spiro atoms. The largest absolute Gasteiger partial charge is 0.478 e. The van der Waals surface area contributed by atoms with Crippen LogP contribution in [0.5, 0.6) is 0 Å². The number of halogens is 1. The highest BCUT2D eigenvalue weighted by Gasteiger charge is 2.12. The van der Waals surface area contributed by atoms with Crippen molar-refractivity contribution in [3.8, 4) is 11.1 Å². The van der Waals surface area contributed by atoms with Gasteiger partial charge in [0, 0.05) is 0 Å². The van der Waals surface area contributed by atoms with Crippen LogP contribution < -0.4 is 0 Å². The predicted molar refractivity (Wildman–Crippen MR) is 74.9 cm³/mol. The first-order chi connectivity index (χ1) is 9.90. The molecule has 0 radical (unpaired) electrons. The third-order valence-corrected chi connectivity index (χ3v) is 2.98. The van der Waals surface area contributed by atoms with Crippen LogP contribution in [0.3, 0.4) is 0 Å². The van der Waals surface area contributed by atoms with Gasteiger partial charge in [-0.15, -0.1) is 0 Å². The van der Waals surface area contributed by atoms with Crippen molar-refractivity contribution in [2.45, 2.75) is 6.92 Å². The van der Waals surface area contributed by atoms with Crippen molar-refractivity contribution in [2.75, 3.05) is 7.11 Å². The fourth-order valence-electron chi connectivity index (χ4n) is 2.07. The van der Waals surface area contributed by atoms with Crippen molar-refractivity contribution in [3.05, 3.63) is 58.9 Å². The zero-order chi connectivity index (χ0) is 15.6. The number of carbonyl (C=O) groups excluding carboxylic acids is 1. The van der Waals surface area contributed by atoms with Gasteiger partial charge in [0.25, 0.3) is 0 Å². The van der Waals surface area contributed by atoms with E-state index in [4.69, 9.17) is 5.11 Å². The van der Waals surface area contributed by atoms with Gasteiger partial charge in [0.1, 0.15) is 5.82 Å². The van der Waals surface area contributed by atoms with Gasteiger partial charge < -0.3 is 9.84 Å².